The first kappa shape index (κ1) is 4.53. The van der Waals surface area contributed by atoms with Crippen LogP contribution in [0.2, 0.25) is 0 Å². The van der Waals surface area contributed by atoms with Crippen LogP contribution in [0, 0.1) is 0 Å². The van der Waals surface area contributed by atoms with Gasteiger partial charge in [-0.05, 0) is 11.4 Å². The Labute approximate surface area is 45.6 Å². The lowest BCUT2D eigenvalue weighted by Crippen LogP contribution is -1.61. The molecule has 0 saturated carbocycles. The summed E-state index contributed by atoms with van der Waals surface area (Å²) >= 11 is 1.45. The molecule has 0 aliphatic rings. The van der Waals surface area contributed by atoms with Crippen molar-refractivity contribution in [2.45, 2.75) is 0 Å². The van der Waals surface area contributed by atoms with Crippen LogP contribution in [0.1, 0.15) is 9.67 Å². The molecule has 7 heavy (non-hydrogen) atoms. The van der Waals surface area contributed by atoms with E-state index in [9.17, 15) is 4.79 Å². The van der Waals surface area contributed by atoms with Crippen molar-refractivity contribution < 1.29 is 4.79 Å². The molecule has 1 aromatic heterocycles. The lowest BCUT2D eigenvalue weighted by molar-refractivity contribution is 0.112. The summed E-state index contributed by atoms with van der Waals surface area (Å²) in [4.78, 5) is 10.7. The smallest absolute Gasteiger partial charge is 0.159 e. The molecule has 0 N–H and O–H groups in total. The lowest BCUT2D eigenvalue weighted by atomic mass is 10.5. The Morgan fingerprint density at radius 2 is 2.57 bits per heavy atom. The fourth-order valence-corrected chi connectivity index (χ4v) is 0.885. The third-order valence-electron chi connectivity index (χ3n) is 0.659. The van der Waals surface area contributed by atoms with E-state index in [1.165, 1.54) is 11.3 Å². The molecule has 1 rings (SSSR count). The topological polar surface area (TPSA) is 17.1 Å². The summed E-state index contributed by atoms with van der Waals surface area (Å²) in [5, 5.41) is 1.88. The predicted molar refractivity (Wildman–Crippen MR) is 29.7 cm³/mol. The van der Waals surface area contributed by atoms with Gasteiger partial charge >= 0.3 is 0 Å². The minimum absolute atomic E-state index is 0.792. The molecule has 0 fully saturated rings. The number of carbonyl (C=O) groups is 1. The largest absolute Gasteiger partial charge is 0.297 e. The molecular formula is C5H4OS. The summed E-state index contributed by atoms with van der Waals surface area (Å²) < 4.78 is 0. The first-order valence-corrected chi connectivity index (χ1v) is 2.80. The van der Waals surface area contributed by atoms with Crippen LogP contribution in [0.3, 0.4) is 0 Å². The van der Waals surface area contributed by atoms with E-state index in [-0.39, 0.29) is 0 Å². The van der Waals surface area contributed by atoms with Gasteiger partial charge in [0, 0.05) is 0 Å². The minimum atomic E-state index is 0.792. The predicted octanol–water partition coefficient (Wildman–Crippen LogP) is 1.56. The molecule has 0 aliphatic heterocycles. The number of rotatable bonds is 1. The Hall–Kier alpha value is -0.630. The summed E-state index contributed by atoms with van der Waals surface area (Å²) in [5.74, 6) is 0. The molecule has 1 nitrogen and oxygen atoms in total. The highest BCUT2D eigenvalue weighted by Crippen LogP contribution is 2.02. The molecule has 0 aromatic carbocycles. The first-order chi connectivity index (χ1) is 3.43. The fraction of sp³-hybridized carbons (Fsp3) is 0. The lowest BCUT2D eigenvalue weighted by Gasteiger charge is -1.66. The van der Waals surface area contributed by atoms with Crippen LogP contribution in [0.5, 0.6) is 0 Å². The molecule has 36 valence electrons. The van der Waals surface area contributed by atoms with Crippen LogP contribution >= 0.6 is 11.3 Å². The third kappa shape index (κ3) is 0.871. The van der Waals surface area contributed by atoms with E-state index in [2.05, 4.69) is 0 Å². The van der Waals surface area contributed by atoms with Gasteiger partial charge in [0.15, 0.2) is 6.29 Å². The molecular weight excluding hydrogens is 109 g/mol. The minimum Gasteiger partial charge on any atom is -0.297 e. The van der Waals surface area contributed by atoms with Crippen molar-refractivity contribution in [2.75, 3.05) is 0 Å². The van der Waals surface area contributed by atoms with Gasteiger partial charge in [-0.25, -0.2) is 0 Å². The Morgan fingerprint density at radius 3 is 2.86 bits per heavy atom. The van der Waals surface area contributed by atoms with Gasteiger partial charge in [0.25, 0.3) is 0 Å². The van der Waals surface area contributed by atoms with Gasteiger partial charge in [0.05, 0.1) is 4.88 Å². The molecule has 0 unspecified atom stereocenters. The second-order valence-electron chi connectivity index (χ2n) is 1.13. The zero-order chi connectivity index (χ0) is 5.11. The van der Waals surface area contributed by atoms with Gasteiger partial charge in [-0.1, -0.05) is 6.07 Å². The highest BCUT2D eigenvalue weighted by Gasteiger charge is 1.82. The maximum atomic E-state index is 9.88. The summed E-state index contributed by atoms with van der Waals surface area (Å²) in [7, 11) is 0. The van der Waals surface area contributed by atoms with Gasteiger partial charge < -0.3 is 0 Å². The van der Waals surface area contributed by atoms with Gasteiger partial charge in [0.2, 0.25) is 0 Å². The second kappa shape index (κ2) is 1.89. The van der Waals surface area contributed by atoms with Gasteiger partial charge in [-0.15, -0.1) is 11.3 Å². The van der Waals surface area contributed by atoms with Crippen LogP contribution < -0.4 is 0 Å². The van der Waals surface area contributed by atoms with Gasteiger partial charge in [-0.2, -0.15) is 0 Å². The monoisotopic (exact) mass is 113 g/mol. The van der Waals surface area contributed by atoms with E-state index in [0.29, 0.717) is 0 Å². The summed E-state index contributed by atoms with van der Waals surface area (Å²) in [6.07, 6.45) is 0.852. The third-order valence-corrected chi connectivity index (χ3v) is 1.46. The molecule has 0 aliphatic carbocycles. The number of carbonyl (C=O) groups excluding carboxylic acids is 1. The van der Waals surface area contributed by atoms with Gasteiger partial charge in [-0.3, -0.25) is 4.79 Å². The standard InChI is InChI=1S/C5H4OS/c6-4-5-2-1-3-7-5/h1-4H/i3+1. The normalized spacial score (nSPS) is 8.57. The molecule has 0 amide bonds. The van der Waals surface area contributed by atoms with Crippen molar-refractivity contribution in [1.82, 2.24) is 0 Å². The molecule has 0 atom stereocenters. The van der Waals surface area contributed by atoms with Crippen LogP contribution in [0.25, 0.3) is 0 Å². The second-order valence-corrected chi connectivity index (χ2v) is 2.11. The Bertz CT molecular complexity index is 143. The highest BCUT2D eigenvalue weighted by atomic mass is 32.1. The molecule has 0 spiro atoms. The molecule has 1 heterocycles. The van der Waals surface area contributed by atoms with E-state index in [1.54, 1.807) is 6.07 Å². The number of thiophene rings is 1. The average Bonchev–Trinajstić information content (AvgIpc) is 2.14. The fourth-order valence-electron chi connectivity index (χ4n) is 0.358. The summed E-state index contributed by atoms with van der Waals surface area (Å²) in [6.45, 7) is 0. The van der Waals surface area contributed by atoms with E-state index in [0.717, 1.165) is 11.2 Å². The highest BCUT2D eigenvalue weighted by molar-refractivity contribution is 7.11. The van der Waals surface area contributed by atoms with E-state index in [1.807, 2.05) is 11.4 Å². The zero-order valence-electron chi connectivity index (χ0n) is 3.63. The summed E-state index contributed by atoms with van der Waals surface area (Å²) in [5.41, 5.74) is 0. The Morgan fingerprint density at radius 1 is 1.71 bits per heavy atom. The zero-order valence-corrected chi connectivity index (χ0v) is 4.44. The first-order valence-electron chi connectivity index (χ1n) is 1.92. The summed E-state index contributed by atoms with van der Waals surface area (Å²) in [6, 6.07) is 3.64. The van der Waals surface area contributed by atoms with Crippen molar-refractivity contribution in [3.63, 3.8) is 0 Å². The molecule has 0 radical (unpaired) electrons. The van der Waals surface area contributed by atoms with Crippen LogP contribution in [0.15, 0.2) is 17.5 Å². The number of aldehydes is 1. The van der Waals surface area contributed by atoms with Gasteiger partial charge in [0.1, 0.15) is 0 Å². The van der Waals surface area contributed by atoms with Crippen molar-refractivity contribution in [2.24, 2.45) is 0 Å². The van der Waals surface area contributed by atoms with Crippen molar-refractivity contribution in [3.8, 4) is 0 Å². The number of hydrogen-bond donors (Lipinski definition) is 0. The van der Waals surface area contributed by atoms with E-state index < -0.39 is 0 Å². The quantitative estimate of drug-likeness (QED) is 0.505. The Balaban J connectivity index is 2.96. The average molecular weight is 113 g/mol. The van der Waals surface area contributed by atoms with Crippen LogP contribution in [0.4, 0.5) is 0 Å². The van der Waals surface area contributed by atoms with Crippen molar-refractivity contribution >= 4 is 17.6 Å². The molecule has 1 aromatic rings. The van der Waals surface area contributed by atoms with Crippen LogP contribution in [-0.4, -0.2) is 6.29 Å². The van der Waals surface area contributed by atoms with E-state index >= 15 is 0 Å². The molecule has 0 saturated heterocycles. The Kier molecular flexibility index (Phi) is 1.22. The maximum absolute atomic E-state index is 9.88. The molecule has 0 bridgehead atoms. The maximum Gasteiger partial charge on any atom is 0.159 e. The SMILES string of the molecule is O=Cc1cc[13cH]s1. The van der Waals surface area contributed by atoms with E-state index in [4.69, 9.17) is 0 Å². The number of hydrogen-bond acceptors (Lipinski definition) is 2. The van der Waals surface area contributed by atoms with Crippen molar-refractivity contribution in [3.05, 3.63) is 22.4 Å². The van der Waals surface area contributed by atoms with Crippen molar-refractivity contribution in [1.29, 1.82) is 0 Å². The van der Waals surface area contributed by atoms with Crippen LogP contribution in [-0.2, 0) is 0 Å². The molecule has 2 heteroatoms.